The summed E-state index contributed by atoms with van der Waals surface area (Å²) in [4.78, 5) is 0. The zero-order chi connectivity index (χ0) is 17.4. The lowest BCUT2D eigenvalue weighted by atomic mass is 9.90. The van der Waals surface area contributed by atoms with Crippen LogP contribution in [0.25, 0.3) is 10.8 Å². The number of aliphatic hydroxyl groups is 1. The van der Waals surface area contributed by atoms with Crippen molar-refractivity contribution in [3.05, 3.63) is 48.0 Å². The monoisotopic (exact) mass is 332 g/mol. The summed E-state index contributed by atoms with van der Waals surface area (Å²) in [7, 11) is 0. The van der Waals surface area contributed by atoms with E-state index in [0.717, 1.165) is 16.3 Å². The maximum Gasteiger partial charge on any atom is 0.182 e. The van der Waals surface area contributed by atoms with E-state index in [0.29, 0.717) is 13.2 Å². The van der Waals surface area contributed by atoms with Gasteiger partial charge in [-0.25, -0.2) is 0 Å². The molecule has 5 nitrogen and oxygen atoms in total. The van der Waals surface area contributed by atoms with Crippen LogP contribution in [0.1, 0.15) is 32.3 Å². The van der Waals surface area contributed by atoms with E-state index in [1.807, 2.05) is 45.0 Å². The maximum absolute atomic E-state index is 11.2. The number of benzene rings is 2. The minimum atomic E-state index is -1.34. The first-order valence-corrected chi connectivity index (χ1v) is 8.48. The summed E-state index contributed by atoms with van der Waals surface area (Å²) in [6.45, 7) is 7.49. The lowest BCUT2D eigenvalue weighted by Gasteiger charge is -2.36. The van der Waals surface area contributed by atoms with Crippen LogP contribution in [0.2, 0.25) is 0 Å². The smallest absolute Gasteiger partial charge is 0.182 e. The first kappa shape index (κ1) is 18.8. The van der Waals surface area contributed by atoms with E-state index >= 15 is 0 Å². The quantitative estimate of drug-likeness (QED) is 0.461. The molecule has 2 aromatic rings. The Morgan fingerprint density at radius 2 is 1.54 bits per heavy atom. The van der Waals surface area contributed by atoms with Gasteiger partial charge in [-0.1, -0.05) is 49.4 Å². The third kappa shape index (κ3) is 4.53. The predicted molar refractivity (Wildman–Crippen MR) is 96.6 cm³/mol. The second-order valence-electron chi connectivity index (χ2n) is 5.68. The van der Waals surface area contributed by atoms with Crippen LogP contribution in [0.4, 0.5) is 0 Å². The van der Waals surface area contributed by atoms with E-state index in [1.54, 1.807) is 0 Å². The van der Waals surface area contributed by atoms with Crippen LogP contribution in [-0.4, -0.2) is 37.6 Å². The van der Waals surface area contributed by atoms with E-state index < -0.39 is 5.85 Å². The van der Waals surface area contributed by atoms with Crippen molar-refractivity contribution in [2.45, 2.75) is 32.5 Å². The van der Waals surface area contributed by atoms with E-state index in [9.17, 15) is 5.11 Å². The minimum Gasteiger partial charge on any atom is -0.366 e. The van der Waals surface area contributed by atoms with Gasteiger partial charge in [0.15, 0.2) is 5.85 Å². The number of hydrogen-bond donors (Lipinski definition) is 3. The molecule has 5 heteroatoms. The Kier molecular flexibility index (Phi) is 7.15. The fraction of sp³-hybridized carbons (Fsp3) is 0.474. The third-order valence-electron chi connectivity index (χ3n) is 4.21. The Bertz CT molecular complexity index is 618. The van der Waals surface area contributed by atoms with Gasteiger partial charge in [0.1, 0.15) is 0 Å². The summed E-state index contributed by atoms with van der Waals surface area (Å²) in [5.74, 6) is -1.56. The number of rotatable bonds is 10. The molecule has 0 aliphatic rings. The average Bonchev–Trinajstić information content (AvgIpc) is 2.61. The Hall–Kier alpha value is -1.50. The lowest BCUT2D eigenvalue weighted by Crippen LogP contribution is -2.61. The molecule has 3 N–H and O–H groups in total. The third-order valence-corrected chi connectivity index (χ3v) is 4.21. The second-order valence-corrected chi connectivity index (χ2v) is 5.68. The van der Waals surface area contributed by atoms with Gasteiger partial charge in [0.2, 0.25) is 0 Å². The van der Waals surface area contributed by atoms with Crippen molar-refractivity contribution in [2.75, 3.05) is 26.7 Å². The average molecular weight is 332 g/mol. The highest BCUT2D eigenvalue weighted by Gasteiger charge is 2.34. The highest BCUT2D eigenvalue weighted by atomic mass is 16.5. The zero-order valence-electron chi connectivity index (χ0n) is 14.7. The fourth-order valence-corrected chi connectivity index (χ4v) is 2.75. The van der Waals surface area contributed by atoms with Crippen molar-refractivity contribution in [1.82, 2.24) is 10.6 Å². The van der Waals surface area contributed by atoms with Crippen molar-refractivity contribution in [2.24, 2.45) is 0 Å². The largest absolute Gasteiger partial charge is 0.366 e. The summed E-state index contributed by atoms with van der Waals surface area (Å²) >= 11 is 0. The SMILES string of the molecule is CCOCNC(O)(NCOCC)C(C)c1cccc2ccccc12. The zero-order valence-corrected chi connectivity index (χ0v) is 14.7. The molecule has 1 unspecified atom stereocenters. The number of hydrogen-bond acceptors (Lipinski definition) is 5. The van der Waals surface area contributed by atoms with Crippen LogP contribution in [0.15, 0.2) is 42.5 Å². The van der Waals surface area contributed by atoms with Crippen LogP contribution < -0.4 is 10.6 Å². The minimum absolute atomic E-state index is 0.218. The van der Waals surface area contributed by atoms with E-state index in [-0.39, 0.29) is 19.4 Å². The molecule has 0 aromatic heterocycles. The first-order chi connectivity index (χ1) is 11.6. The number of fused-ring (bicyclic) bond motifs is 1. The van der Waals surface area contributed by atoms with Crippen LogP contribution in [0.5, 0.6) is 0 Å². The molecule has 0 saturated carbocycles. The standard InChI is InChI=1S/C19H28N2O3/c1-4-23-13-20-19(22,21-14-24-5-2)15(3)17-12-8-10-16-9-6-7-11-18(16)17/h6-12,15,20-22H,4-5,13-14H2,1-3H3. The Morgan fingerprint density at radius 1 is 0.958 bits per heavy atom. The lowest BCUT2D eigenvalue weighted by molar-refractivity contribution is -0.0928. The molecule has 0 aliphatic carbocycles. The molecule has 0 fully saturated rings. The van der Waals surface area contributed by atoms with Crippen LogP contribution >= 0.6 is 0 Å². The number of ether oxygens (including phenoxy) is 2. The molecule has 0 amide bonds. The second kappa shape index (κ2) is 9.11. The fourth-order valence-electron chi connectivity index (χ4n) is 2.75. The maximum atomic E-state index is 11.2. The van der Waals surface area contributed by atoms with E-state index in [2.05, 4.69) is 28.8 Å². The first-order valence-electron chi connectivity index (χ1n) is 8.48. The van der Waals surface area contributed by atoms with Crippen molar-refractivity contribution < 1.29 is 14.6 Å². The molecule has 0 aliphatic heterocycles. The predicted octanol–water partition coefficient (Wildman–Crippen LogP) is 2.76. The summed E-state index contributed by atoms with van der Waals surface area (Å²) in [6, 6.07) is 14.3. The van der Waals surface area contributed by atoms with Gasteiger partial charge in [-0.05, 0) is 30.2 Å². The Balaban J connectivity index is 2.28. The normalized spacial score (nSPS) is 13.3. The van der Waals surface area contributed by atoms with E-state index in [1.165, 1.54) is 0 Å². The van der Waals surface area contributed by atoms with Gasteiger partial charge in [-0.3, -0.25) is 10.6 Å². The summed E-state index contributed by atoms with van der Waals surface area (Å²) in [5.41, 5.74) is 1.06. The van der Waals surface area contributed by atoms with Crippen LogP contribution in [0, 0.1) is 0 Å². The van der Waals surface area contributed by atoms with E-state index in [4.69, 9.17) is 9.47 Å². The van der Waals surface area contributed by atoms with Crippen LogP contribution in [-0.2, 0) is 9.47 Å². The molecule has 0 saturated heterocycles. The topological polar surface area (TPSA) is 62.8 Å². The highest BCUT2D eigenvalue weighted by Crippen LogP contribution is 2.30. The van der Waals surface area contributed by atoms with Gasteiger partial charge in [0.05, 0.1) is 13.5 Å². The van der Waals surface area contributed by atoms with Crippen LogP contribution in [0.3, 0.4) is 0 Å². The Morgan fingerprint density at radius 3 is 2.17 bits per heavy atom. The molecular weight excluding hydrogens is 304 g/mol. The molecule has 0 bridgehead atoms. The summed E-state index contributed by atoms with van der Waals surface area (Å²) in [5, 5.41) is 19.6. The molecule has 2 rings (SSSR count). The van der Waals surface area contributed by atoms with Gasteiger partial charge < -0.3 is 14.6 Å². The molecular formula is C19H28N2O3. The van der Waals surface area contributed by atoms with Crippen molar-refractivity contribution >= 4 is 10.8 Å². The molecule has 0 radical (unpaired) electrons. The molecule has 0 heterocycles. The summed E-state index contributed by atoms with van der Waals surface area (Å²) < 4.78 is 10.7. The Labute approximate surface area is 144 Å². The molecule has 24 heavy (non-hydrogen) atoms. The van der Waals surface area contributed by atoms with Crippen molar-refractivity contribution in [3.63, 3.8) is 0 Å². The molecule has 132 valence electrons. The van der Waals surface area contributed by atoms with Gasteiger partial charge in [-0.2, -0.15) is 0 Å². The van der Waals surface area contributed by atoms with Gasteiger partial charge in [0.25, 0.3) is 0 Å². The molecule has 0 spiro atoms. The molecule has 1 atom stereocenters. The van der Waals surface area contributed by atoms with Gasteiger partial charge in [-0.15, -0.1) is 0 Å². The number of nitrogens with one attached hydrogen (secondary N) is 2. The van der Waals surface area contributed by atoms with Crippen molar-refractivity contribution in [3.8, 4) is 0 Å². The molecule has 2 aromatic carbocycles. The highest BCUT2D eigenvalue weighted by molar-refractivity contribution is 5.86. The summed E-state index contributed by atoms with van der Waals surface area (Å²) in [6.07, 6.45) is 0. The van der Waals surface area contributed by atoms with Gasteiger partial charge >= 0.3 is 0 Å². The van der Waals surface area contributed by atoms with Gasteiger partial charge in [0, 0.05) is 19.1 Å². The van der Waals surface area contributed by atoms with Crippen molar-refractivity contribution in [1.29, 1.82) is 0 Å².